The lowest BCUT2D eigenvalue weighted by atomic mass is 9.93. The van der Waals surface area contributed by atoms with Gasteiger partial charge in [-0.25, -0.2) is 0 Å². The van der Waals surface area contributed by atoms with Gasteiger partial charge in [-0.05, 0) is 49.4 Å². The first-order valence-electron chi connectivity index (χ1n) is 7.48. The van der Waals surface area contributed by atoms with Gasteiger partial charge in [-0.3, -0.25) is 4.98 Å². The summed E-state index contributed by atoms with van der Waals surface area (Å²) in [4.78, 5) is 4.36. The summed E-state index contributed by atoms with van der Waals surface area (Å²) in [6.07, 6.45) is 4.19. The maximum absolute atomic E-state index is 5.43. The molecule has 1 aliphatic rings. The maximum atomic E-state index is 5.43. The number of hydrogen-bond donors (Lipinski definition) is 1. The molecule has 1 aromatic carbocycles. The van der Waals surface area contributed by atoms with Crippen molar-refractivity contribution in [2.24, 2.45) is 5.92 Å². The van der Waals surface area contributed by atoms with Crippen LogP contribution in [0.25, 0.3) is 10.9 Å². The molecular weight excluding hydrogens is 248 g/mol. The van der Waals surface area contributed by atoms with Crippen LogP contribution in [0.1, 0.15) is 25.3 Å². The van der Waals surface area contributed by atoms with E-state index in [2.05, 4.69) is 41.5 Å². The quantitative estimate of drug-likeness (QED) is 0.926. The molecule has 1 atom stereocenters. The molecule has 1 fully saturated rings. The number of aromatic nitrogens is 1. The van der Waals surface area contributed by atoms with Crippen molar-refractivity contribution < 1.29 is 4.74 Å². The highest BCUT2D eigenvalue weighted by molar-refractivity contribution is 5.78. The third-order valence-corrected chi connectivity index (χ3v) is 4.27. The zero-order valence-electron chi connectivity index (χ0n) is 12.0. The molecule has 1 saturated heterocycles. The van der Waals surface area contributed by atoms with Gasteiger partial charge in [-0.1, -0.05) is 12.1 Å². The van der Waals surface area contributed by atoms with Crippen LogP contribution in [0.5, 0.6) is 0 Å². The summed E-state index contributed by atoms with van der Waals surface area (Å²) in [5, 5.41) is 4.87. The molecule has 3 nitrogen and oxygen atoms in total. The van der Waals surface area contributed by atoms with Crippen molar-refractivity contribution in [1.29, 1.82) is 0 Å². The molecule has 3 rings (SSSR count). The first-order chi connectivity index (χ1) is 9.83. The van der Waals surface area contributed by atoms with Gasteiger partial charge in [0.1, 0.15) is 0 Å². The molecule has 0 saturated carbocycles. The predicted octanol–water partition coefficient (Wildman–Crippen LogP) is 3.14. The van der Waals surface area contributed by atoms with Crippen LogP contribution in [0.15, 0.2) is 36.5 Å². The van der Waals surface area contributed by atoms with Gasteiger partial charge >= 0.3 is 0 Å². The van der Waals surface area contributed by atoms with E-state index in [0.717, 1.165) is 31.2 Å². The van der Waals surface area contributed by atoms with Crippen molar-refractivity contribution >= 4 is 10.9 Å². The first-order valence-corrected chi connectivity index (χ1v) is 7.48. The molecule has 1 unspecified atom stereocenters. The molecule has 0 radical (unpaired) electrons. The zero-order chi connectivity index (χ0) is 13.8. The zero-order valence-corrected chi connectivity index (χ0v) is 12.0. The Labute approximate surface area is 120 Å². The topological polar surface area (TPSA) is 34.2 Å². The summed E-state index contributed by atoms with van der Waals surface area (Å²) in [6.45, 7) is 5.04. The van der Waals surface area contributed by atoms with Crippen molar-refractivity contribution in [3.63, 3.8) is 0 Å². The number of hydrogen-bond acceptors (Lipinski definition) is 3. The standard InChI is InChI=1S/C17H22N2O/c1-13(15-6-9-20-10-7-15)19-12-14-4-5-17-16(11-14)3-2-8-18-17/h2-5,8,11,13,15,19H,6-7,9-10,12H2,1H3. The van der Waals surface area contributed by atoms with E-state index >= 15 is 0 Å². The lowest BCUT2D eigenvalue weighted by molar-refractivity contribution is 0.0558. The summed E-state index contributed by atoms with van der Waals surface area (Å²) in [6, 6.07) is 11.2. The Balaban J connectivity index is 1.61. The SMILES string of the molecule is CC(NCc1ccc2ncccc2c1)C1CCOCC1. The van der Waals surface area contributed by atoms with E-state index in [4.69, 9.17) is 4.74 Å². The lowest BCUT2D eigenvalue weighted by Crippen LogP contribution is -2.36. The average Bonchev–Trinajstić information content (AvgIpc) is 2.53. The summed E-state index contributed by atoms with van der Waals surface area (Å²) in [5.41, 5.74) is 2.39. The Morgan fingerprint density at radius 2 is 2.15 bits per heavy atom. The van der Waals surface area contributed by atoms with Gasteiger partial charge in [-0.2, -0.15) is 0 Å². The molecular formula is C17H22N2O. The van der Waals surface area contributed by atoms with Crippen LogP contribution in [-0.4, -0.2) is 24.2 Å². The Morgan fingerprint density at radius 3 is 3.00 bits per heavy atom. The van der Waals surface area contributed by atoms with Crippen molar-refractivity contribution in [2.45, 2.75) is 32.4 Å². The minimum absolute atomic E-state index is 0.545. The number of benzene rings is 1. The van der Waals surface area contributed by atoms with Gasteiger partial charge in [0.25, 0.3) is 0 Å². The van der Waals surface area contributed by atoms with E-state index in [1.165, 1.54) is 23.8 Å². The van der Waals surface area contributed by atoms with E-state index in [-0.39, 0.29) is 0 Å². The largest absolute Gasteiger partial charge is 0.381 e. The molecule has 2 aromatic rings. The molecule has 1 N–H and O–H groups in total. The van der Waals surface area contributed by atoms with Gasteiger partial charge in [0.05, 0.1) is 5.52 Å². The highest BCUT2D eigenvalue weighted by Gasteiger charge is 2.19. The summed E-state index contributed by atoms with van der Waals surface area (Å²) in [5.74, 6) is 0.742. The first kappa shape index (κ1) is 13.5. The van der Waals surface area contributed by atoms with Crippen molar-refractivity contribution in [2.75, 3.05) is 13.2 Å². The van der Waals surface area contributed by atoms with E-state index < -0.39 is 0 Å². The fourth-order valence-corrected chi connectivity index (χ4v) is 2.90. The van der Waals surface area contributed by atoms with Gasteiger partial charge in [0, 0.05) is 37.4 Å². The molecule has 106 valence electrons. The molecule has 0 spiro atoms. The molecule has 1 aliphatic heterocycles. The van der Waals surface area contributed by atoms with Crippen LogP contribution in [0.2, 0.25) is 0 Å². The van der Waals surface area contributed by atoms with E-state index in [9.17, 15) is 0 Å². The van der Waals surface area contributed by atoms with Crippen LogP contribution in [-0.2, 0) is 11.3 Å². The number of ether oxygens (including phenoxy) is 1. The van der Waals surface area contributed by atoms with Crippen LogP contribution < -0.4 is 5.32 Å². The predicted molar refractivity (Wildman–Crippen MR) is 81.6 cm³/mol. The number of pyridine rings is 1. The Hall–Kier alpha value is -1.45. The third kappa shape index (κ3) is 3.17. The highest BCUT2D eigenvalue weighted by atomic mass is 16.5. The molecule has 20 heavy (non-hydrogen) atoms. The van der Waals surface area contributed by atoms with Gasteiger partial charge in [0.15, 0.2) is 0 Å². The molecule has 0 aliphatic carbocycles. The Kier molecular flexibility index (Phi) is 4.28. The van der Waals surface area contributed by atoms with Crippen molar-refractivity contribution in [1.82, 2.24) is 10.3 Å². The van der Waals surface area contributed by atoms with E-state index in [1.54, 1.807) is 0 Å². The van der Waals surface area contributed by atoms with Gasteiger partial charge in [0.2, 0.25) is 0 Å². The van der Waals surface area contributed by atoms with Gasteiger partial charge in [-0.15, -0.1) is 0 Å². The fourth-order valence-electron chi connectivity index (χ4n) is 2.90. The highest BCUT2D eigenvalue weighted by Crippen LogP contribution is 2.19. The summed E-state index contributed by atoms with van der Waals surface area (Å²) in [7, 11) is 0. The normalized spacial score (nSPS) is 18.2. The van der Waals surface area contributed by atoms with E-state index in [1.807, 2.05) is 12.3 Å². The van der Waals surface area contributed by atoms with Crippen molar-refractivity contribution in [3.05, 3.63) is 42.1 Å². The number of nitrogens with one attached hydrogen (secondary N) is 1. The average molecular weight is 270 g/mol. The second-order valence-electron chi connectivity index (χ2n) is 5.65. The molecule has 0 bridgehead atoms. The van der Waals surface area contributed by atoms with Crippen LogP contribution in [0, 0.1) is 5.92 Å². The Morgan fingerprint density at radius 1 is 1.30 bits per heavy atom. The minimum atomic E-state index is 0.545. The molecule has 2 heterocycles. The van der Waals surface area contributed by atoms with E-state index in [0.29, 0.717) is 6.04 Å². The smallest absolute Gasteiger partial charge is 0.0702 e. The second kappa shape index (κ2) is 6.33. The second-order valence-corrected chi connectivity index (χ2v) is 5.65. The lowest BCUT2D eigenvalue weighted by Gasteiger charge is -2.28. The summed E-state index contributed by atoms with van der Waals surface area (Å²) >= 11 is 0. The van der Waals surface area contributed by atoms with Crippen molar-refractivity contribution in [3.8, 4) is 0 Å². The number of rotatable bonds is 4. The van der Waals surface area contributed by atoms with Crippen LogP contribution in [0.4, 0.5) is 0 Å². The molecule has 3 heteroatoms. The fraction of sp³-hybridized carbons (Fsp3) is 0.471. The number of fused-ring (bicyclic) bond motifs is 1. The minimum Gasteiger partial charge on any atom is -0.381 e. The molecule has 1 aromatic heterocycles. The van der Waals surface area contributed by atoms with Crippen LogP contribution >= 0.6 is 0 Å². The van der Waals surface area contributed by atoms with Crippen LogP contribution in [0.3, 0.4) is 0 Å². The third-order valence-electron chi connectivity index (χ3n) is 4.27. The number of nitrogens with zero attached hydrogens (tertiary/aromatic N) is 1. The maximum Gasteiger partial charge on any atom is 0.0702 e. The molecule has 0 amide bonds. The van der Waals surface area contributed by atoms with Gasteiger partial charge < -0.3 is 10.1 Å². The summed E-state index contributed by atoms with van der Waals surface area (Å²) < 4.78 is 5.43. The monoisotopic (exact) mass is 270 g/mol. The Bertz CT molecular complexity index is 564.